The quantitative estimate of drug-likeness (QED) is 0.456. The van der Waals surface area contributed by atoms with Crippen molar-refractivity contribution in [2.45, 2.75) is 0 Å². The molecule has 0 spiro atoms. The molecule has 1 heterocycles. The van der Waals surface area contributed by atoms with Crippen LogP contribution in [0.25, 0.3) is 21.9 Å². The van der Waals surface area contributed by atoms with Gasteiger partial charge in [0.1, 0.15) is 11.2 Å². The van der Waals surface area contributed by atoms with Crippen LogP contribution in [0.1, 0.15) is 0 Å². The van der Waals surface area contributed by atoms with Crippen molar-refractivity contribution in [1.82, 2.24) is 0 Å². The second-order valence-electron chi connectivity index (χ2n) is 3.48. The minimum atomic E-state index is 0.878. The fourth-order valence-electron chi connectivity index (χ4n) is 1.82. The summed E-state index contributed by atoms with van der Waals surface area (Å²) in [6.07, 6.45) is 0. The van der Waals surface area contributed by atoms with E-state index in [4.69, 9.17) is 4.42 Å². The number of halogens is 3. The molecule has 2 aromatic carbocycles. The average molecular weight is 405 g/mol. The number of hydrogen-bond donors (Lipinski definition) is 0. The Hall–Kier alpha value is -0.320. The molecule has 0 fully saturated rings. The van der Waals surface area contributed by atoms with Gasteiger partial charge in [0, 0.05) is 24.2 Å². The summed E-state index contributed by atoms with van der Waals surface area (Å²) in [5.41, 5.74) is 1.77. The smallest absolute Gasteiger partial charge is 0.137 e. The van der Waals surface area contributed by atoms with Crippen molar-refractivity contribution in [2.24, 2.45) is 0 Å². The van der Waals surface area contributed by atoms with Gasteiger partial charge in [-0.25, -0.2) is 0 Å². The van der Waals surface area contributed by atoms with Gasteiger partial charge in [-0.2, -0.15) is 0 Å². The van der Waals surface area contributed by atoms with Gasteiger partial charge >= 0.3 is 0 Å². The minimum absolute atomic E-state index is 0.878. The molecule has 3 rings (SSSR count). The molecule has 0 N–H and O–H groups in total. The van der Waals surface area contributed by atoms with Crippen LogP contribution >= 0.6 is 47.8 Å². The summed E-state index contributed by atoms with van der Waals surface area (Å²) in [5.74, 6) is 0. The van der Waals surface area contributed by atoms with Crippen molar-refractivity contribution in [3.63, 3.8) is 0 Å². The molecular formula is C12H5Br3O. The molecule has 0 saturated carbocycles. The summed E-state index contributed by atoms with van der Waals surface area (Å²) in [4.78, 5) is 0. The first-order valence-electron chi connectivity index (χ1n) is 4.62. The van der Waals surface area contributed by atoms with Gasteiger partial charge in [0.2, 0.25) is 0 Å². The standard InChI is InChI=1S/C12H5Br3O/c13-6-4-8(15)12-10(5-6)16-9-3-1-2-7(14)11(9)12/h1-5H. The van der Waals surface area contributed by atoms with Crippen molar-refractivity contribution in [3.8, 4) is 0 Å². The molecule has 0 radical (unpaired) electrons. The molecule has 0 atom stereocenters. The van der Waals surface area contributed by atoms with Gasteiger partial charge in [0.25, 0.3) is 0 Å². The van der Waals surface area contributed by atoms with E-state index >= 15 is 0 Å². The first kappa shape index (κ1) is 10.8. The Kier molecular flexibility index (Phi) is 2.61. The van der Waals surface area contributed by atoms with Crippen LogP contribution in [0, 0.1) is 0 Å². The third-order valence-electron chi connectivity index (χ3n) is 2.46. The highest BCUT2D eigenvalue weighted by molar-refractivity contribution is 9.11. The maximum absolute atomic E-state index is 5.80. The van der Waals surface area contributed by atoms with Crippen molar-refractivity contribution in [1.29, 1.82) is 0 Å². The van der Waals surface area contributed by atoms with E-state index in [0.29, 0.717) is 0 Å². The lowest BCUT2D eigenvalue weighted by atomic mass is 10.1. The Bertz CT molecular complexity index is 700. The highest BCUT2D eigenvalue weighted by Crippen LogP contribution is 2.39. The maximum atomic E-state index is 5.80. The molecule has 0 bridgehead atoms. The molecule has 1 aromatic heterocycles. The van der Waals surface area contributed by atoms with Crippen LogP contribution in [0.3, 0.4) is 0 Å². The van der Waals surface area contributed by atoms with E-state index in [9.17, 15) is 0 Å². The zero-order valence-electron chi connectivity index (χ0n) is 7.93. The zero-order valence-corrected chi connectivity index (χ0v) is 12.7. The van der Waals surface area contributed by atoms with Crippen molar-refractivity contribution in [3.05, 3.63) is 43.7 Å². The Morgan fingerprint density at radius 3 is 2.38 bits per heavy atom. The van der Waals surface area contributed by atoms with Crippen molar-refractivity contribution >= 4 is 69.7 Å². The lowest BCUT2D eigenvalue weighted by Gasteiger charge is -1.96. The summed E-state index contributed by atoms with van der Waals surface area (Å²) in [5, 5.41) is 2.21. The summed E-state index contributed by atoms with van der Waals surface area (Å²) >= 11 is 10.6. The maximum Gasteiger partial charge on any atom is 0.137 e. The largest absolute Gasteiger partial charge is 0.456 e. The van der Waals surface area contributed by atoms with E-state index in [1.807, 2.05) is 30.3 Å². The molecule has 0 amide bonds. The van der Waals surface area contributed by atoms with Gasteiger partial charge in [-0.15, -0.1) is 0 Å². The van der Waals surface area contributed by atoms with E-state index in [1.165, 1.54) is 0 Å². The Morgan fingerprint density at radius 2 is 1.56 bits per heavy atom. The Labute approximate surface area is 117 Å². The number of fused-ring (bicyclic) bond motifs is 3. The van der Waals surface area contributed by atoms with E-state index in [2.05, 4.69) is 47.8 Å². The lowest BCUT2D eigenvalue weighted by Crippen LogP contribution is -1.72. The van der Waals surface area contributed by atoms with Crippen LogP contribution in [0.4, 0.5) is 0 Å². The summed E-state index contributed by atoms with van der Waals surface area (Å²) in [7, 11) is 0. The summed E-state index contributed by atoms with van der Waals surface area (Å²) < 4.78 is 8.88. The summed E-state index contributed by atoms with van der Waals surface area (Å²) in [6, 6.07) is 9.97. The van der Waals surface area contributed by atoms with Gasteiger partial charge in [-0.1, -0.05) is 37.9 Å². The number of benzene rings is 2. The van der Waals surface area contributed by atoms with Gasteiger partial charge < -0.3 is 4.42 Å². The monoisotopic (exact) mass is 402 g/mol. The summed E-state index contributed by atoms with van der Waals surface area (Å²) in [6.45, 7) is 0. The van der Waals surface area contributed by atoms with Crippen LogP contribution in [0.2, 0.25) is 0 Å². The molecule has 4 heteroatoms. The second-order valence-corrected chi connectivity index (χ2v) is 6.10. The number of hydrogen-bond acceptors (Lipinski definition) is 1. The SMILES string of the molecule is Brc1cc(Br)c2c(c1)oc1cccc(Br)c12. The van der Waals surface area contributed by atoms with Crippen LogP contribution in [0.15, 0.2) is 48.2 Å². The number of furan rings is 1. The van der Waals surface area contributed by atoms with Crippen molar-refractivity contribution < 1.29 is 4.42 Å². The third-order valence-corrected chi connectivity index (χ3v) is 4.21. The van der Waals surface area contributed by atoms with Crippen LogP contribution in [-0.4, -0.2) is 0 Å². The normalized spacial score (nSPS) is 11.4. The molecule has 0 saturated heterocycles. The predicted molar refractivity (Wildman–Crippen MR) is 76.8 cm³/mol. The molecule has 0 unspecified atom stereocenters. The first-order valence-corrected chi connectivity index (χ1v) is 7.00. The molecule has 0 aliphatic rings. The van der Waals surface area contributed by atoms with E-state index in [0.717, 1.165) is 35.4 Å². The minimum Gasteiger partial charge on any atom is -0.456 e. The fraction of sp³-hybridized carbons (Fsp3) is 0. The topological polar surface area (TPSA) is 13.1 Å². The second kappa shape index (κ2) is 3.86. The van der Waals surface area contributed by atoms with Gasteiger partial charge in [0.05, 0.1) is 0 Å². The molecule has 0 aliphatic heterocycles. The van der Waals surface area contributed by atoms with Crippen LogP contribution in [0.5, 0.6) is 0 Å². The van der Waals surface area contributed by atoms with Gasteiger partial charge in [-0.05, 0) is 40.2 Å². The molecule has 3 aromatic rings. The molecule has 1 nitrogen and oxygen atoms in total. The van der Waals surface area contributed by atoms with E-state index in [-0.39, 0.29) is 0 Å². The molecule has 0 aliphatic carbocycles. The molecule has 80 valence electrons. The number of rotatable bonds is 0. The average Bonchev–Trinajstić information content (AvgIpc) is 2.56. The molecule has 16 heavy (non-hydrogen) atoms. The fourth-order valence-corrected chi connectivity index (χ4v) is 3.75. The molecular weight excluding hydrogens is 400 g/mol. The predicted octanol–water partition coefficient (Wildman–Crippen LogP) is 5.87. The van der Waals surface area contributed by atoms with E-state index in [1.54, 1.807) is 0 Å². The third kappa shape index (κ3) is 1.55. The van der Waals surface area contributed by atoms with Crippen LogP contribution < -0.4 is 0 Å². The van der Waals surface area contributed by atoms with Gasteiger partial charge in [0.15, 0.2) is 0 Å². The highest BCUT2D eigenvalue weighted by atomic mass is 79.9. The Morgan fingerprint density at radius 1 is 0.812 bits per heavy atom. The van der Waals surface area contributed by atoms with Crippen molar-refractivity contribution in [2.75, 3.05) is 0 Å². The first-order chi connectivity index (χ1) is 7.66. The lowest BCUT2D eigenvalue weighted by molar-refractivity contribution is 0.668. The highest BCUT2D eigenvalue weighted by Gasteiger charge is 2.12. The van der Waals surface area contributed by atoms with E-state index < -0.39 is 0 Å². The Balaban J connectivity index is 2.63. The van der Waals surface area contributed by atoms with Crippen LogP contribution in [-0.2, 0) is 0 Å². The van der Waals surface area contributed by atoms with Gasteiger partial charge in [-0.3, -0.25) is 0 Å². The zero-order chi connectivity index (χ0) is 11.3.